The fourth-order valence-electron chi connectivity index (χ4n) is 1.73. The van der Waals surface area contributed by atoms with E-state index < -0.39 is 17.6 Å². The quantitative estimate of drug-likeness (QED) is 0.874. The molecule has 0 saturated carbocycles. The number of benzene rings is 1. The molecule has 1 unspecified atom stereocenters. The Morgan fingerprint density at radius 2 is 2.00 bits per heavy atom. The molecule has 0 saturated heterocycles. The van der Waals surface area contributed by atoms with Gasteiger partial charge in [0.2, 0.25) is 0 Å². The van der Waals surface area contributed by atoms with Crippen LogP contribution >= 0.6 is 0 Å². The SMILES string of the molecule is O=C(O)C(Cn1cccnc1=O)c1ccccc1. The Kier molecular flexibility index (Phi) is 3.52. The Morgan fingerprint density at radius 1 is 1.28 bits per heavy atom. The van der Waals surface area contributed by atoms with Gasteiger partial charge < -0.3 is 5.11 Å². The molecule has 1 atom stereocenters. The number of carboxylic acids is 1. The summed E-state index contributed by atoms with van der Waals surface area (Å²) in [5.41, 5.74) is 0.223. The highest BCUT2D eigenvalue weighted by Crippen LogP contribution is 2.17. The first-order valence-corrected chi connectivity index (χ1v) is 5.47. The second-order valence-corrected chi connectivity index (χ2v) is 3.86. The summed E-state index contributed by atoms with van der Waals surface area (Å²) in [6, 6.07) is 10.4. The number of hydrogen-bond donors (Lipinski definition) is 1. The van der Waals surface area contributed by atoms with E-state index in [0.29, 0.717) is 5.56 Å². The van der Waals surface area contributed by atoms with Crippen LogP contribution in [0.5, 0.6) is 0 Å². The van der Waals surface area contributed by atoms with E-state index in [2.05, 4.69) is 4.98 Å². The lowest BCUT2D eigenvalue weighted by atomic mass is 9.99. The second kappa shape index (κ2) is 5.27. The second-order valence-electron chi connectivity index (χ2n) is 3.86. The summed E-state index contributed by atoms with van der Waals surface area (Å²) in [6.07, 6.45) is 2.92. The fraction of sp³-hybridized carbons (Fsp3) is 0.154. The Bertz CT molecular complexity index is 592. The van der Waals surface area contributed by atoms with E-state index in [0.717, 1.165) is 0 Å². The molecule has 1 aromatic carbocycles. The maximum Gasteiger partial charge on any atom is 0.347 e. The lowest BCUT2D eigenvalue weighted by molar-refractivity contribution is -0.139. The van der Waals surface area contributed by atoms with Crippen LogP contribution in [-0.2, 0) is 11.3 Å². The molecule has 0 fully saturated rings. The normalized spacial score (nSPS) is 12.0. The smallest absolute Gasteiger partial charge is 0.347 e. The van der Waals surface area contributed by atoms with Gasteiger partial charge >= 0.3 is 11.7 Å². The topological polar surface area (TPSA) is 72.2 Å². The zero-order chi connectivity index (χ0) is 13.0. The van der Waals surface area contributed by atoms with Gasteiger partial charge in [0, 0.05) is 18.9 Å². The van der Waals surface area contributed by atoms with Gasteiger partial charge in [-0.3, -0.25) is 9.36 Å². The van der Waals surface area contributed by atoms with E-state index in [1.165, 1.54) is 17.0 Å². The summed E-state index contributed by atoms with van der Waals surface area (Å²) in [6.45, 7) is 0.0754. The molecule has 1 N–H and O–H groups in total. The van der Waals surface area contributed by atoms with Crippen molar-refractivity contribution in [1.82, 2.24) is 9.55 Å². The lowest BCUT2D eigenvalue weighted by Crippen LogP contribution is -2.27. The zero-order valence-electron chi connectivity index (χ0n) is 9.56. The van der Waals surface area contributed by atoms with Gasteiger partial charge in [-0.25, -0.2) is 9.78 Å². The molecule has 0 aliphatic rings. The van der Waals surface area contributed by atoms with Crippen LogP contribution in [-0.4, -0.2) is 20.6 Å². The maximum atomic E-state index is 11.5. The highest BCUT2D eigenvalue weighted by atomic mass is 16.4. The molecule has 5 heteroatoms. The third kappa shape index (κ3) is 2.63. The third-order valence-corrected chi connectivity index (χ3v) is 2.66. The summed E-state index contributed by atoms with van der Waals surface area (Å²) < 4.78 is 1.30. The van der Waals surface area contributed by atoms with E-state index in [-0.39, 0.29) is 6.54 Å². The Balaban J connectivity index is 2.31. The van der Waals surface area contributed by atoms with Crippen molar-refractivity contribution >= 4 is 5.97 Å². The van der Waals surface area contributed by atoms with Gasteiger partial charge in [-0.15, -0.1) is 0 Å². The first kappa shape index (κ1) is 12.0. The van der Waals surface area contributed by atoms with E-state index >= 15 is 0 Å². The largest absolute Gasteiger partial charge is 0.481 e. The number of hydrogen-bond acceptors (Lipinski definition) is 3. The Labute approximate surface area is 103 Å². The van der Waals surface area contributed by atoms with E-state index in [1.807, 2.05) is 6.07 Å². The van der Waals surface area contributed by atoms with Gasteiger partial charge in [0.1, 0.15) is 0 Å². The highest BCUT2D eigenvalue weighted by molar-refractivity contribution is 5.75. The van der Waals surface area contributed by atoms with E-state index in [9.17, 15) is 14.7 Å². The maximum absolute atomic E-state index is 11.5. The number of nitrogens with zero attached hydrogens (tertiary/aromatic N) is 2. The minimum Gasteiger partial charge on any atom is -0.481 e. The van der Waals surface area contributed by atoms with Crippen molar-refractivity contribution in [3.8, 4) is 0 Å². The minimum atomic E-state index is -0.961. The molecule has 0 radical (unpaired) electrons. The van der Waals surface area contributed by atoms with Gasteiger partial charge in [-0.1, -0.05) is 30.3 Å². The van der Waals surface area contributed by atoms with Crippen molar-refractivity contribution in [1.29, 1.82) is 0 Å². The van der Waals surface area contributed by atoms with E-state index in [4.69, 9.17) is 0 Å². The van der Waals surface area contributed by atoms with Gasteiger partial charge in [-0.05, 0) is 11.6 Å². The zero-order valence-corrected chi connectivity index (χ0v) is 9.56. The summed E-state index contributed by atoms with van der Waals surface area (Å²) in [5.74, 6) is -1.72. The molecule has 1 heterocycles. The molecule has 2 rings (SSSR count). The molecule has 0 amide bonds. The third-order valence-electron chi connectivity index (χ3n) is 2.66. The highest BCUT2D eigenvalue weighted by Gasteiger charge is 2.20. The molecule has 0 aliphatic carbocycles. The molecule has 0 aliphatic heterocycles. The summed E-state index contributed by atoms with van der Waals surface area (Å²) >= 11 is 0. The van der Waals surface area contributed by atoms with Crippen molar-refractivity contribution in [2.45, 2.75) is 12.5 Å². The van der Waals surface area contributed by atoms with Gasteiger partial charge in [0.05, 0.1) is 5.92 Å². The number of rotatable bonds is 4. The Hall–Kier alpha value is -2.43. The predicted octanol–water partition coefficient (Wildman–Crippen LogP) is 1.11. The average Bonchev–Trinajstić information content (AvgIpc) is 2.38. The molecular formula is C13H12N2O3. The Morgan fingerprint density at radius 3 is 2.61 bits per heavy atom. The number of aliphatic carboxylic acids is 1. The monoisotopic (exact) mass is 244 g/mol. The molecule has 0 bridgehead atoms. The van der Waals surface area contributed by atoms with Gasteiger partial charge in [-0.2, -0.15) is 0 Å². The first-order valence-electron chi connectivity index (χ1n) is 5.47. The predicted molar refractivity (Wildman–Crippen MR) is 65.3 cm³/mol. The molecule has 5 nitrogen and oxygen atoms in total. The number of carboxylic acid groups (broad SMARTS) is 1. The summed E-state index contributed by atoms with van der Waals surface area (Å²) in [4.78, 5) is 26.3. The first-order chi connectivity index (χ1) is 8.68. The van der Waals surface area contributed by atoms with Gasteiger partial charge in [0.25, 0.3) is 0 Å². The number of carbonyl (C=O) groups is 1. The standard InChI is InChI=1S/C13H12N2O3/c16-12(17)11(10-5-2-1-3-6-10)9-15-8-4-7-14-13(15)18/h1-8,11H,9H2,(H,16,17). The number of aromatic nitrogens is 2. The molecule has 18 heavy (non-hydrogen) atoms. The van der Waals surface area contributed by atoms with E-state index in [1.54, 1.807) is 30.3 Å². The molecule has 2 aromatic rings. The van der Waals surface area contributed by atoms with Crippen molar-refractivity contribution in [2.75, 3.05) is 0 Å². The minimum absolute atomic E-state index is 0.0754. The van der Waals surface area contributed by atoms with Crippen molar-refractivity contribution in [3.63, 3.8) is 0 Å². The lowest BCUT2D eigenvalue weighted by Gasteiger charge is -2.13. The molecule has 92 valence electrons. The molecule has 0 spiro atoms. The average molecular weight is 244 g/mol. The van der Waals surface area contributed by atoms with Crippen molar-refractivity contribution < 1.29 is 9.90 Å². The molecule has 1 aromatic heterocycles. The van der Waals surface area contributed by atoms with Gasteiger partial charge in [0.15, 0.2) is 0 Å². The van der Waals surface area contributed by atoms with Crippen LogP contribution in [0.15, 0.2) is 53.6 Å². The van der Waals surface area contributed by atoms with Crippen LogP contribution in [0.25, 0.3) is 0 Å². The van der Waals surface area contributed by atoms with Crippen LogP contribution in [0.3, 0.4) is 0 Å². The fourth-order valence-corrected chi connectivity index (χ4v) is 1.73. The van der Waals surface area contributed by atoms with Crippen LogP contribution in [0, 0.1) is 0 Å². The summed E-state index contributed by atoms with van der Waals surface area (Å²) in [5, 5.41) is 9.24. The van der Waals surface area contributed by atoms with Crippen LogP contribution in [0.1, 0.15) is 11.5 Å². The van der Waals surface area contributed by atoms with Crippen LogP contribution in [0.2, 0.25) is 0 Å². The van der Waals surface area contributed by atoms with Crippen molar-refractivity contribution in [3.05, 3.63) is 64.8 Å². The summed E-state index contributed by atoms with van der Waals surface area (Å²) in [7, 11) is 0. The van der Waals surface area contributed by atoms with Crippen LogP contribution < -0.4 is 5.69 Å². The van der Waals surface area contributed by atoms with Crippen LogP contribution in [0.4, 0.5) is 0 Å². The molecular weight excluding hydrogens is 232 g/mol. The van der Waals surface area contributed by atoms with Crippen molar-refractivity contribution in [2.24, 2.45) is 0 Å².